The van der Waals surface area contributed by atoms with Gasteiger partial charge in [-0.15, -0.1) is 0 Å². The van der Waals surface area contributed by atoms with E-state index in [9.17, 15) is 9.59 Å². The summed E-state index contributed by atoms with van der Waals surface area (Å²) in [5.74, 6) is -0.0279. The van der Waals surface area contributed by atoms with Crippen molar-refractivity contribution >= 4 is 17.5 Å². The first kappa shape index (κ1) is 19.0. The van der Waals surface area contributed by atoms with Crippen molar-refractivity contribution in [2.75, 3.05) is 25.1 Å². The number of carbonyl (C=O) groups excluding carboxylic acids is 2. The third-order valence-electron chi connectivity index (χ3n) is 4.64. The van der Waals surface area contributed by atoms with E-state index in [0.29, 0.717) is 37.4 Å². The Balaban J connectivity index is 1.48. The first-order chi connectivity index (χ1) is 13.1. The maximum Gasteiger partial charge on any atom is 0.254 e. The van der Waals surface area contributed by atoms with Crippen LogP contribution in [0.3, 0.4) is 0 Å². The normalized spacial score (nSPS) is 16.8. The molecule has 1 N–H and O–H groups in total. The molecule has 3 rings (SSSR count). The van der Waals surface area contributed by atoms with Gasteiger partial charge in [0, 0.05) is 36.6 Å². The number of pyridine rings is 1. The van der Waals surface area contributed by atoms with Crippen LogP contribution >= 0.6 is 0 Å². The average molecular weight is 367 g/mol. The number of benzene rings is 1. The fourth-order valence-corrected chi connectivity index (χ4v) is 3.11. The summed E-state index contributed by atoms with van der Waals surface area (Å²) < 4.78 is 5.38. The molecule has 1 fully saturated rings. The van der Waals surface area contributed by atoms with Gasteiger partial charge in [-0.25, -0.2) is 0 Å². The number of ether oxygens (including phenoxy) is 1. The van der Waals surface area contributed by atoms with Crippen LogP contribution in [0.1, 0.15) is 35.7 Å². The van der Waals surface area contributed by atoms with E-state index in [2.05, 4.69) is 10.3 Å². The Bertz CT molecular complexity index is 762. The highest BCUT2D eigenvalue weighted by atomic mass is 16.5. The minimum atomic E-state index is -0.0280. The third-order valence-corrected chi connectivity index (χ3v) is 4.64. The number of hydrogen-bond donors (Lipinski definition) is 1. The minimum Gasteiger partial charge on any atom is -0.377 e. The van der Waals surface area contributed by atoms with E-state index in [0.717, 1.165) is 18.4 Å². The Hall–Kier alpha value is -2.73. The van der Waals surface area contributed by atoms with Crippen molar-refractivity contribution in [2.45, 2.75) is 32.2 Å². The third kappa shape index (κ3) is 5.37. The second-order valence-corrected chi connectivity index (χ2v) is 6.76. The monoisotopic (exact) mass is 367 g/mol. The zero-order valence-electron chi connectivity index (χ0n) is 15.6. The lowest BCUT2D eigenvalue weighted by Gasteiger charge is -2.33. The van der Waals surface area contributed by atoms with Crippen LogP contribution in [0.4, 0.5) is 5.69 Å². The van der Waals surface area contributed by atoms with Crippen molar-refractivity contribution < 1.29 is 14.3 Å². The van der Waals surface area contributed by atoms with Crippen LogP contribution in [0.15, 0.2) is 48.8 Å². The maximum atomic E-state index is 12.6. The lowest BCUT2D eigenvalue weighted by Crippen LogP contribution is -2.47. The van der Waals surface area contributed by atoms with Crippen LogP contribution in [0.2, 0.25) is 0 Å². The summed E-state index contributed by atoms with van der Waals surface area (Å²) >= 11 is 0. The number of nitrogens with one attached hydrogen (secondary N) is 1. The smallest absolute Gasteiger partial charge is 0.254 e. The lowest BCUT2D eigenvalue weighted by molar-refractivity contribution is -0.116. The van der Waals surface area contributed by atoms with E-state index in [1.807, 2.05) is 30.2 Å². The van der Waals surface area contributed by atoms with Gasteiger partial charge in [0.1, 0.15) is 0 Å². The van der Waals surface area contributed by atoms with Crippen LogP contribution in [0.25, 0.3) is 0 Å². The number of aromatic nitrogens is 1. The second kappa shape index (κ2) is 9.28. The molecule has 1 saturated heterocycles. The molecule has 0 aliphatic carbocycles. The molecule has 1 aliphatic heterocycles. The number of anilines is 1. The van der Waals surface area contributed by atoms with E-state index in [1.165, 1.54) is 0 Å². The summed E-state index contributed by atoms with van der Waals surface area (Å²) in [6, 6.07) is 11.1. The number of hydrogen-bond acceptors (Lipinski definition) is 4. The highest BCUT2D eigenvalue weighted by Gasteiger charge is 2.24. The molecule has 6 heteroatoms. The number of nitrogens with zero attached hydrogens (tertiary/aromatic N) is 2. The summed E-state index contributed by atoms with van der Waals surface area (Å²) in [7, 11) is 0. The SMILES string of the molecule is CC1COCCN1C(=O)c1ccc(NC(=O)CCCc2cccnc2)cc1. The van der Waals surface area contributed by atoms with Crippen molar-refractivity contribution in [3.63, 3.8) is 0 Å². The van der Waals surface area contributed by atoms with Gasteiger partial charge in [-0.1, -0.05) is 6.07 Å². The van der Waals surface area contributed by atoms with Crippen LogP contribution in [-0.2, 0) is 16.0 Å². The molecular weight excluding hydrogens is 342 g/mol. The first-order valence-corrected chi connectivity index (χ1v) is 9.31. The highest BCUT2D eigenvalue weighted by Crippen LogP contribution is 2.15. The lowest BCUT2D eigenvalue weighted by atomic mass is 10.1. The van der Waals surface area contributed by atoms with Gasteiger partial charge in [0.05, 0.1) is 19.3 Å². The second-order valence-electron chi connectivity index (χ2n) is 6.76. The molecule has 0 bridgehead atoms. The fourth-order valence-electron chi connectivity index (χ4n) is 3.11. The molecule has 2 aromatic rings. The number of rotatable bonds is 6. The molecule has 1 aromatic carbocycles. The number of amides is 2. The van der Waals surface area contributed by atoms with Gasteiger partial charge in [0.2, 0.25) is 5.91 Å². The molecule has 1 unspecified atom stereocenters. The molecule has 1 aromatic heterocycles. The largest absolute Gasteiger partial charge is 0.377 e. The summed E-state index contributed by atoms with van der Waals surface area (Å²) in [6.45, 7) is 3.73. The molecule has 2 heterocycles. The Morgan fingerprint density at radius 3 is 2.78 bits per heavy atom. The number of carbonyl (C=O) groups is 2. The molecule has 0 spiro atoms. The molecule has 1 atom stereocenters. The Kier molecular flexibility index (Phi) is 6.54. The summed E-state index contributed by atoms with van der Waals surface area (Å²) in [5, 5.41) is 2.88. The van der Waals surface area contributed by atoms with Crippen LogP contribution < -0.4 is 5.32 Å². The molecular formula is C21H25N3O3. The van der Waals surface area contributed by atoms with Crippen molar-refractivity contribution in [1.82, 2.24) is 9.88 Å². The van der Waals surface area contributed by atoms with Crippen molar-refractivity contribution in [3.8, 4) is 0 Å². The van der Waals surface area contributed by atoms with Gasteiger partial charge in [0.15, 0.2) is 0 Å². The maximum absolute atomic E-state index is 12.6. The van der Waals surface area contributed by atoms with E-state index in [4.69, 9.17) is 4.74 Å². The van der Waals surface area contributed by atoms with Gasteiger partial charge < -0.3 is 15.0 Å². The van der Waals surface area contributed by atoms with E-state index in [1.54, 1.807) is 30.5 Å². The molecule has 2 amide bonds. The van der Waals surface area contributed by atoms with Gasteiger partial charge in [-0.3, -0.25) is 14.6 Å². The fraction of sp³-hybridized carbons (Fsp3) is 0.381. The number of aryl methyl sites for hydroxylation is 1. The Morgan fingerprint density at radius 2 is 2.07 bits per heavy atom. The van der Waals surface area contributed by atoms with Gasteiger partial charge in [-0.05, 0) is 55.7 Å². The predicted molar refractivity (Wildman–Crippen MR) is 104 cm³/mol. The molecule has 0 radical (unpaired) electrons. The topological polar surface area (TPSA) is 71.5 Å². The zero-order valence-corrected chi connectivity index (χ0v) is 15.6. The van der Waals surface area contributed by atoms with Crippen molar-refractivity contribution in [2.24, 2.45) is 0 Å². The van der Waals surface area contributed by atoms with Crippen LogP contribution in [0.5, 0.6) is 0 Å². The zero-order chi connectivity index (χ0) is 19.1. The Morgan fingerprint density at radius 1 is 1.26 bits per heavy atom. The van der Waals surface area contributed by atoms with Crippen LogP contribution in [0, 0.1) is 0 Å². The predicted octanol–water partition coefficient (Wildman–Crippen LogP) is 2.90. The first-order valence-electron chi connectivity index (χ1n) is 9.31. The molecule has 0 saturated carbocycles. The van der Waals surface area contributed by atoms with Gasteiger partial charge in [-0.2, -0.15) is 0 Å². The molecule has 142 valence electrons. The summed E-state index contributed by atoms with van der Waals surface area (Å²) in [5.41, 5.74) is 2.46. The standard InChI is InChI=1S/C21H25N3O3/c1-16-15-27-13-12-24(16)21(26)18-7-9-19(10-8-18)23-20(25)6-2-4-17-5-3-11-22-14-17/h3,5,7-11,14,16H,2,4,6,12-13,15H2,1H3,(H,23,25). The van der Waals surface area contributed by atoms with Gasteiger partial charge in [0.25, 0.3) is 5.91 Å². The quantitative estimate of drug-likeness (QED) is 0.852. The van der Waals surface area contributed by atoms with E-state index in [-0.39, 0.29) is 17.9 Å². The van der Waals surface area contributed by atoms with E-state index < -0.39 is 0 Å². The number of morpholine rings is 1. The van der Waals surface area contributed by atoms with Gasteiger partial charge >= 0.3 is 0 Å². The Labute approximate surface area is 159 Å². The van der Waals surface area contributed by atoms with Crippen molar-refractivity contribution in [1.29, 1.82) is 0 Å². The van der Waals surface area contributed by atoms with E-state index >= 15 is 0 Å². The molecule has 6 nitrogen and oxygen atoms in total. The summed E-state index contributed by atoms with van der Waals surface area (Å²) in [6.07, 6.45) is 5.60. The minimum absolute atomic E-state index is 0.000136. The van der Waals surface area contributed by atoms with Crippen LogP contribution in [-0.4, -0.2) is 47.5 Å². The average Bonchev–Trinajstić information content (AvgIpc) is 2.69. The molecule has 1 aliphatic rings. The summed E-state index contributed by atoms with van der Waals surface area (Å²) in [4.78, 5) is 30.6. The van der Waals surface area contributed by atoms with Crippen molar-refractivity contribution in [3.05, 3.63) is 59.9 Å². The highest BCUT2D eigenvalue weighted by molar-refractivity contribution is 5.96. The molecule has 27 heavy (non-hydrogen) atoms.